The first kappa shape index (κ1) is 29.5. The average molecular weight is 578 g/mol. The molecule has 1 atom stereocenters. The van der Waals surface area contributed by atoms with Crippen LogP contribution in [0.3, 0.4) is 0 Å². The third-order valence-electron chi connectivity index (χ3n) is 6.71. The topological polar surface area (TPSA) is 63.3 Å². The van der Waals surface area contributed by atoms with Gasteiger partial charge >= 0.3 is 12.2 Å². The van der Waals surface area contributed by atoms with E-state index >= 15 is 0 Å². The van der Waals surface area contributed by atoms with E-state index in [9.17, 15) is 18.0 Å². The van der Waals surface area contributed by atoms with Crippen LogP contribution in [0.25, 0.3) is 0 Å². The zero-order valence-electron chi connectivity index (χ0n) is 22.2. The van der Waals surface area contributed by atoms with Crippen LogP contribution in [0.4, 0.5) is 23.7 Å². The van der Waals surface area contributed by atoms with Crippen LogP contribution in [-0.2, 0) is 17.5 Å². The Kier molecular flexibility index (Phi) is 9.78. The van der Waals surface area contributed by atoms with Crippen LogP contribution < -0.4 is 14.8 Å². The van der Waals surface area contributed by atoms with Crippen molar-refractivity contribution in [2.24, 2.45) is 0 Å². The Hall–Kier alpha value is -3.47. The quantitative estimate of drug-likeness (QED) is 0.315. The maximum absolute atomic E-state index is 13.0. The molecule has 1 N–H and O–H groups in total. The summed E-state index contributed by atoms with van der Waals surface area (Å²) in [6.07, 6.45) is -4.73. The molecule has 0 aliphatic carbocycles. The van der Waals surface area contributed by atoms with Crippen molar-refractivity contribution in [1.29, 1.82) is 0 Å². The minimum absolute atomic E-state index is 0.149. The highest BCUT2D eigenvalue weighted by Crippen LogP contribution is 2.31. The molecule has 1 saturated heterocycles. The number of hydrogen-bond donors (Lipinski definition) is 1. The number of ether oxygens (including phenoxy) is 3. The van der Waals surface area contributed by atoms with Gasteiger partial charge in [-0.05, 0) is 47.5 Å². The van der Waals surface area contributed by atoms with Crippen molar-refractivity contribution in [2.75, 3.05) is 52.3 Å². The van der Waals surface area contributed by atoms with Crippen LogP contribution in [0.1, 0.15) is 22.8 Å². The first-order chi connectivity index (χ1) is 19.2. The number of nitrogens with one attached hydrogen (secondary N) is 1. The van der Waals surface area contributed by atoms with Gasteiger partial charge in [0, 0.05) is 43.8 Å². The number of anilines is 1. The molecule has 0 saturated carbocycles. The van der Waals surface area contributed by atoms with Crippen molar-refractivity contribution < 1.29 is 32.2 Å². The van der Waals surface area contributed by atoms with Crippen LogP contribution in [0, 0.1) is 0 Å². The molecule has 0 bridgehead atoms. The highest BCUT2D eigenvalue weighted by Gasteiger charge is 2.30. The van der Waals surface area contributed by atoms with Crippen molar-refractivity contribution in [1.82, 2.24) is 9.80 Å². The molecule has 214 valence electrons. The summed E-state index contributed by atoms with van der Waals surface area (Å²) >= 11 is 6.07. The van der Waals surface area contributed by atoms with Gasteiger partial charge in [0.05, 0.1) is 38.2 Å². The minimum Gasteiger partial charge on any atom is -0.497 e. The number of benzene rings is 3. The Bertz CT molecular complexity index is 1270. The van der Waals surface area contributed by atoms with Crippen molar-refractivity contribution in [3.8, 4) is 11.5 Å². The maximum atomic E-state index is 13.0. The van der Waals surface area contributed by atoms with E-state index in [0.717, 1.165) is 17.7 Å². The molecule has 3 aromatic rings. The molecule has 11 heteroatoms. The SMILES string of the molecule is COc1ccc(OC)c(NC(=O)N2CCN(C[C@H](OCc3ccc(C(F)(F)F)cc3)c3ccc(Cl)cc3)CC2)c1. The number of alkyl halides is 3. The van der Waals surface area contributed by atoms with Gasteiger partial charge < -0.3 is 24.4 Å². The summed E-state index contributed by atoms with van der Waals surface area (Å²) in [4.78, 5) is 16.9. The van der Waals surface area contributed by atoms with E-state index in [2.05, 4.69) is 10.2 Å². The lowest BCUT2D eigenvalue weighted by Gasteiger charge is -2.36. The predicted octanol–water partition coefficient (Wildman–Crippen LogP) is 6.48. The van der Waals surface area contributed by atoms with Gasteiger partial charge in [0.15, 0.2) is 0 Å². The van der Waals surface area contributed by atoms with Crippen molar-refractivity contribution >= 4 is 23.3 Å². The monoisotopic (exact) mass is 577 g/mol. The van der Waals surface area contributed by atoms with Crippen LogP contribution in [0.5, 0.6) is 11.5 Å². The molecule has 1 aliphatic heterocycles. The van der Waals surface area contributed by atoms with E-state index in [0.29, 0.717) is 60.5 Å². The fourth-order valence-electron chi connectivity index (χ4n) is 4.39. The van der Waals surface area contributed by atoms with Gasteiger partial charge in [-0.2, -0.15) is 13.2 Å². The lowest BCUT2D eigenvalue weighted by atomic mass is 10.1. The number of halogens is 4. The largest absolute Gasteiger partial charge is 0.497 e. The molecule has 3 aromatic carbocycles. The Morgan fingerprint density at radius 3 is 2.23 bits per heavy atom. The summed E-state index contributed by atoms with van der Waals surface area (Å²) in [5.74, 6) is 1.13. The lowest BCUT2D eigenvalue weighted by molar-refractivity contribution is -0.137. The van der Waals surface area contributed by atoms with Crippen molar-refractivity contribution in [3.05, 3.63) is 88.4 Å². The first-order valence-electron chi connectivity index (χ1n) is 12.7. The normalized spacial score (nSPS) is 15.0. The standard InChI is InChI=1S/C29H31ClF3N3O4/c1-38-24-11-12-26(39-2)25(17-24)34-28(37)36-15-13-35(14-16-36)18-27(21-5-9-23(30)10-6-21)40-19-20-3-7-22(8-4-20)29(31,32)33/h3-12,17,27H,13-16,18-19H2,1-2H3,(H,34,37)/t27-/m0/s1. The molecular formula is C29H31ClF3N3O4. The summed E-state index contributed by atoms with van der Waals surface area (Å²) < 4.78 is 55.5. The highest BCUT2D eigenvalue weighted by molar-refractivity contribution is 6.30. The molecule has 1 fully saturated rings. The lowest BCUT2D eigenvalue weighted by Crippen LogP contribution is -2.50. The zero-order chi connectivity index (χ0) is 28.7. The Balaban J connectivity index is 1.36. The second kappa shape index (κ2) is 13.3. The summed E-state index contributed by atoms with van der Waals surface area (Å²) in [5, 5.41) is 3.50. The van der Waals surface area contributed by atoms with Gasteiger partial charge in [-0.25, -0.2) is 4.79 Å². The van der Waals surface area contributed by atoms with E-state index in [1.54, 1.807) is 42.3 Å². The molecule has 4 rings (SSSR count). The third kappa shape index (κ3) is 7.80. The average Bonchev–Trinajstić information content (AvgIpc) is 2.95. The van der Waals surface area contributed by atoms with Gasteiger partial charge in [-0.3, -0.25) is 4.90 Å². The maximum Gasteiger partial charge on any atom is 0.416 e. The van der Waals surface area contributed by atoms with E-state index in [-0.39, 0.29) is 18.7 Å². The van der Waals surface area contributed by atoms with Crippen molar-refractivity contribution in [3.63, 3.8) is 0 Å². The number of methoxy groups -OCH3 is 2. The fraction of sp³-hybridized carbons (Fsp3) is 0.345. The molecule has 0 spiro atoms. The summed E-state index contributed by atoms with van der Waals surface area (Å²) in [5.41, 5.74) is 1.37. The number of carbonyl (C=O) groups is 1. The van der Waals surface area contributed by atoms with E-state index in [1.807, 2.05) is 12.1 Å². The number of hydrogen-bond acceptors (Lipinski definition) is 5. The van der Waals surface area contributed by atoms with Gasteiger partial charge in [-0.15, -0.1) is 0 Å². The molecule has 1 heterocycles. The van der Waals surface area contributed by atoms with Gasteiger partial charge in [0.25, 0.3) is 0 Å². The zero-order valence-corrected chi connectivity index (χ0v) is 23.0. The fourth-order valence-corrected chi connectivity index (χ4v) is 4.52. The van der Waals surface area contributed by atoms with E-state index in [4.69, 9.17) is 25.8 Å². The highest BCUT2D eigenvalue weighted by atomic mass is 35.5. The summed E-state index contributed by atoms with van der Waals surface area (Å²) in [7, 11) is 3.09. The molecule has 2 amide bonds. The number of amides is 2. The van der Waals surface area contributed by atoms with Crippen LogP contribution in [-0.4, -0.2) is 62.8 Å². The van der Waals surface area contributed by atoms with E-state index in [1.165, 1.54) is 19.2 Å². The summed E-state index contributed by atoms with van der Waals surface area (Å²) in [6, 6.07) is 17.2. The smallest absolute Gasteiger partial charge is 0.416 e. The Labute approximate surface area is 236 Å². The second-order valence-electron chi connectivity index (χ2n) is 9.33. The number of nitrogens with zero attached hydrogens (tertiary/aromatic N) is 2. The number of piperazine rings is 1. The van der Waals surface area contributed by atoms with Gasteiger partial charge in [0.1, 0.15) is 11.5 Å². The Morgan fingerprint density at radius 1 is 0.950 bits per heavy atom. The number of urea groups is 1. The summed E-state index contributed by atoms with van der Waals surface area (Å²) in [6.45, 7) is 2.94. The van der Waals surface area contributed by atoms with E-state index < -0.39 is 11.7 Å². The molecule has 7 nitrogen and oxygen atoms in total. The minimum atomic E-state index is -4.38. The van der Waals surface area contributed by atoms with Gasteiger partial charge in [0.2, 0.25) is 0 Å². The molecular weight excluding hydrogens is 547 g/mol. The second-order valence-corrected chi connectivity index (χ2v) is 9.77. The number of rotatable bonds is 9. The molecule has 40 heavy (non-hydrogen) atoms. The molecule has 0 unspecified atom stereocenters. The third-order valence-corrected chi connectivity index (χ3v) is 6.96. The first-order valence-corrected chi connectivity index (χ1v) is 13.1. The molecule has 1 aliphatic rings. The van der Waals surface area contributed by atoms with Crippen LogP contribution in [0.15, 0.2) is 66.7 Å². The predicted molar refractivity (Wildman–Crippen MR) is 147 cm³/mol. The molecule has 0 aromatic heterocycles. The van der Waals surface area contributed by atoms with Crippen LogP contribution in [0.2, 0.25) is 5.02 Å². The van der Waals surface area contributed by atoms with Crippen LogP contribution >= 0.6 is 11.6 Å². The number of carbonyl (C=O) groups excluding carboxylic acids is 1. The Morgan fingerprint density at radius 2 is 1.62 bits per heavy atom. The van der Waals surface area contributed by atoms with Gasteiger partial charge in [-0.1, -0.05) is 35.9 Å². The van der Waals surface area contributed by atoms with Crippen molar-refractivity contribution in [2.45, 2.75) is 18.9 Å². The molecule has 0 radical (unpaired) electrons.